The number of hydrogen-bond acceptors (Lipinski definition) is 5. The van der Waals surface area contributed by atoms with Gasteiger partial charge in [0.05, 0.1) is 51.2 Å². The van der Waals surface area contributed by atoms with Crippen molar-refractivity contribution in [2.75, 3.05) is 32.9 Å². The van der Waals surface area contributed by atoms with Gasteiger partial charge in [-0.3, -0.25) is 9.80 Å². The molecule has 5 fully saturated rings. The predicted octanol–water partition coefficient (Wildman–Crippen LogP) is -1.35. The van der Waals surface area contributed by atoms with Crippen molar-refractivity contribution in [2.24, 2.45) is 0 Å². The van der Waals surface area contributed by atoms with Crippen LogP contribution in [0, 0.1) is 0 Å². The van der Waals surface area contributed by atoms with Gasteiger partial charge >= 0.3 is 12.1 Å². The van der Waals surface area contributed by atoms with E-state index in [0.717, 1.165) is 0 Å². The number of epoxide rings is 3. The van der Waals surface area contributed by atoms with Crippen molar-refractivity contribution in [3.8, 4) is 0 Å². The second kappa shape index (κ2) is 4.24. The van der Waals surface area contributed by atoms with Gasteiger partial charge in [-0.2, -0.15) is 0 Å². The van der Waals surface area contributed by atoms with Crippen LogP contribution in [0.5, 0.6) is 0 Å². The Morgan fingerprint density at radius 2 is 1.68 bits per heavy atom. The third-order valence-corrected chi connectivity index (χ3v) is 4.85. The largest absolute Gasteiger partial charge is 0.373 e. The average Bonchev–Trinajstić information content (AvgIpc) is 3.30. The van der Waals surface area contributed by atoms with Gasteiger partial charge in [-0.1, -0.05) is 0 Å². The molecular weight excluding hydrogens is 292 g/mol. The van der Waals surface area contributed by atoms with E-state index in [9.17, 15) is 9.59 Å². The van der Waals surface area contributed by atoms with Crippen molar-refractivity contribution in [3.63, 3.8) is 0 Å². The Morgan fingerprint density at radius 1 is 1.05 bits per heavy atom. The topological polar surface area (TPSA) is 102 Å². The lowest BCUT2D eigenvalue weighted by atomic mass is 10.0. The highest BCUT2D eigenvalue weighted by molar-refractivity contribution is 5.86. The van der Waals surface area contributed by atoms with E-state index in [1.807, 2.05) is 0 Å². The summed E-state index contributed by atoms with van der Waals surface area (Å²) in [6.07, 6.45) is 0.441. The number of carbonyl (C=O) groups is 2. The summed E-state index contributed by atoms with van der Waals surface area (Å²) in [6, 6.07) is -0.328. The number of hydrogen-bond donors (Lipinski definition) is 2. The first-order valence-corrected chi connectivity index (χ1v) is 7.67. The number of ether oxygens (including phenoxy) is 3. The van der Waals surface area contributed by atoms with Crippen molar-refractivity contribution in [3.05, 3.63) is 0 Å². The summed E-state index contributed by atoms with van der Waals surface area (Å²) < 4.78 is 15.9. The molecule has 5 heterocycles. The summed E-state index contributed by atoms with van der Waals surface area (Å²) in [5.41, 5.74) is -0.754. The van der Waals surface area contributed by atoms with Crippen LogP contribution in [-0.2, 0) is 14.2 Å². The average molecular weight is 310 g/mol. The van der Waals surface area contributed by atoms with Crippen molar-refractivity contribution in [1.82, 2.24) is 20.4 Å². The Morgan fingerprint density at radius 3 is 2.32 bits per heavy atom. The summed E-state index contributed by atoms with van der Waals surface area (Å²) in [4.78, 5) is 28.3. The molecule has 5 aliphatic heterocycles. The minimum absolute atomic E-state index is 0.0659. The van der Waals surface area contributed by atoms with Crippen LogP contribution in [0.2, 0.25) is 0 Å². The molecule has 4 amide bonds. The Labute approximate surface area is 126 Å². The lowest BCUT2D eigenvalue weighted by Gasteiger charge is -2.35. The van der Waals surface area contributed by atoms with Crippen LogP contribution in [-0.4, -0.2) is 84.9 Å². The summed E-state index contributed by atoms with van der Waals surface area (Å²) in [5, 5.41) is 5.86. The van der Waals surface area contributed by atoms with Crippen LogP contribution < -0.4 is 10.6 Å². The van der Waals surface area contributed by atoms with Gasteiger partial charge in [0.25, 0.3) is 0 Å². The van der Waals surface area contributed by atoms with Crippen molar-refractivity contribution in [2.45, 2.75) is 36.6 Å². The summed E-state index contributed by atoms with van der Waals surface area (Å²) in [7, 11) is 0. The van der Waals surface area contributed by atoms with Gasteiger partial charge in [-0.05, 0) is 0 Å². The zero-order chi connectivity index (χ0) is 14.9. The van der Waals surface area contributed by atoms with Crippen LogP contribution in [0.15, 0.2) is 0 Å². The van der Waals surface area contributed by atoms with Gasteiger partial charge in [0, 0.05) is 6.42 Å². The van der Waals surface area contributed by atoms with Crippen molar-refractivity contribution < 1.29 is 23.8 Å². The Kier molecular flexibility index (Phi) is 2.49. The maximum Gasteiger partial charge on any atom is 0.323 e. The fraction of sp³-hybridized carbons (Fsp3) is 0.846. The number of amides is 4. The summed E-state index contributed by atoms with van der Waals surface area (Å²) in [6.45, 7) is 3.00. The molecule has 0 aromatic carbocycles. The fourth-order valence-electron chi connectivity index (χ4n) is 3.53. The van der Waals surface area contributed by atoms with Gasteiger partial charge in [0.1, 0.15) is 6.17 Å². The van der Waals surface area contributed by atoms with Crippen LogP contribution in [0.1, 0.15) is 6.42 Å². The second-order valence-corrected chi connectivity index (χ2v) is 6.54. The van der Waals surface area contributed by atoms with E-state index in [1.54, 1.807) is 9.80 Å². The Hall–Kier alpha value is -1.58. The molecule has 5 atom stereocenters. The maximum atomic E-state index is 12.9. The van der Waals surface area contributed by atoms with Gasteiger partial charge in [0.15, 0.2) is 5.66 Å². The third-order valence-electron chi connectivity index (χ3n) is 4.85. The normalized spacial score (nSPS) is 44.7. The molecule has 0 bridgehead atoms. The number of rotatable bonds is 6. The molecule has 0 saturated carbocycles. The molecule has 0 aromatic rings. The summed E-state index contributed by atoms with van der Waals surface area (Å²) in [5.74, 6) is 0. The number of carbonyl (C=O) groups excluding carboxylic acids is 2. The van der Waals surface area contributed by atoms with E-state index in [2.05, 4.69) is 10.6 Å². The molecule has 9 heteroatoms. The molecule has 9 nitrogen and oxygen atoms in total. The molecular formula is C13H18N4O5. The third kappa shape index (κ3) is 1.96. The van der Waals surface area contributed by atoms with Gasteiger partial charge in [0.2, 0.25) is 0 Å². The number of nitrogens with one attached hydrogen (secondary N) is 2. The standard InChI is InChI=1S/C13H18N4O5/c18-11-14-10-13(15-11,1-7-4-20-7)17(3-9-6-22-9)12(19)16(10)2-8-5-21-8/h7-10H,1-6H2,(H2,14,15,18). The van der Waals surface area contributed by atoms with E-state index in [0.29, 0.717) is 39.3 Å². The van der Waals surface area contributed by atoms with E-state index in [-0.39, 0.29) is 36.5 Å². The number of urea groups is 2. The highest BCUT2D eigenvalue weighted by Gasteiger charge is 2.64. The molecule has 22 heavy (non-hydrogen) atoms. The zero-order valence-electron chi connectivity index (χ0n) is 12.0. The van der Waals surface area contributed by atoms with Gasteiger partial charge < -0.3 is 24.8 Å². The molecule has 5 aliphatic rings. The second-order valence-electron chi connectivity index (χ2n) is 6.54. The zero-order valence-corrected chi connectivity index (χ0v) is 12.0. The van der Waals surface area contributed by atoms with Crippen LogP contribution in [0.3, 0.4) is 0 Å². The van der Waals surface area contributed by atoms with Crippen molar-refractivity contribution >= 4 is 12.1 Å². The maximum absolute atomic E-state index is 12.9. The minimum Gasteiger partial charge on any atom is -0.373 e. The number of nitrogens with zero attached hydrogens (tertiary/aromatic N) is 2. The highest BCUT2D eigenvalue weighted by Crippen LogP contribution is 2.40. The van der Waals surface area contributed by atoms with Crippen LogP contribution in [0.25, 0.3) is 0 Å². The fourth-order valence-corrected chi connectivity index (χ4v) is 3.53. The SMILES string of the molecule is O=C1NC2N(CC3CO3)C(=O)N(CC3CO3)C2(CC2CO2)N1. The molecule has 0 spiro atoms. The first-order chi connectivity index (χ1) is 10.7. The first kappa shape index (κ1) is 12.9. The lowest BCUT2D eigenvalue weighted by Crippen LogP contribution is -2.60. The minimum atomic E-state index is -0.754. The predicted molar refractivity (Wildman–Crippen MR) is 70.8 cm³/mol. The van der Waals surface area contributed by atoms with Crippen molar-refractivity contribution in [1.29, 1.82) is 0 Å². The molecule has 0 radical (unpaired) electrons. The highest BCUT2D eigenvalue weighted by atomic mass is 16.6. The van der Waals surface area contributed by atoms with Gasteiger partial charge in [-0.25, -0.2) is 9.59 Å². The molecule has 5 rings (SSSR count). The lowest BCUT2D eigenvalue weighted by molar-refractivity contribution is 0.0987. The molecule has 0 aromatic heterocycles. The quantitative estimate of drug-likeness (QED) is 0.590. The van der Waals surface area contributed by atoms with Crippen LogP contribution in [0.4, 0.5) is 9.59 Å². The van der Waals surface area contributed by atoms with E-state index < -0.39 is 5.66 Å². The summed E-state index contributed by atoms with van der Waals surface area (Å²) >= 11 is 0. The molecule has 5 unspecified atom stereocenters. The molecule has 5 saturated heterocycles. The molecule has 0 aliphatic carbocycles. The molecule has 2 N–H and O–H groups in total. The first-order valence-electron chi connectivity index (χ1n) is 7.67. The van der Waals surface area contributed by atoms with Gasteiger partial charge in [-0.15, -0.1) is 0 Å². The smallest absolute Gasteiger partial charge is 0.323 e. The Balaban J connectivity index is 1.48. The van der Waals surface area contributed by atoms with E-state index in [4.69, 9.17) is 14.2 Å². The Bertz CT molecular complexity index is 533. The van der Waals surface area contributed by atoms with E-state index in [1.165, 1.54) is 0 Å². The van der Waals surface area contributed by atoms with E-state index >= 15 is 0 Å². The van der Waals surface area contributed by atoms with Crippen LogP contribution >= 0.6 is 0 Å². The number of fused-ring (bicyclic) bond motifs is 1. The monoisotopic (exact) mass is 310 g/mol. The molecule has 120 valence electrons.